The number of amides is 1. The van der Waals surface area contributed by atoms with Crippen LogP contribution in [0.4, 0.5) is 10.5 Å². The molecule has 0 saturated heterocycles. The number of hydrogen-bond donors (Lipinski definition) is 1. The summed E-state index contributed by atoms with van der Waals surface area (Å²) >= 11 is 0. The monoisotopic (exact) mass is 263 g/mol. The van der Waals surface area contributed by atoms with Gasteiger partial charge in [0.2, 0.25) is 0 Å². The van der Waals surface area contributed by atoms with Crippen LogP contribution in [0.15, 0.2) is 18.2 Å². The zero-order chi connectivity index (χ0) is 14.6. The van der Waals surface area contributed by atoms with Gasteiger partial charge < -0.3 is 9.53 Å². The first-order valence-corrected chi connectivity index (χ1v) is 6.29. The maximum atomic E-state index is 11.7. The van der Waals surface area contributed by atoms with Crippen molar-refractivity contribution in [3.05, 3.63) is 29.3 Å². The Bertz CT molecular complexity index is 475. The van der Waals surface area contributed by atoms with Crippen molar-refractivity contribution in [3.8, 4) is 0 Å². The van der Waals surface area contributed by atoms with Gasteiger partial charge in [0.05, 0.1) is 0 Å². The summed E-state index contributed by atoms with van der Waals surface area (Å²) in [5.41, 5.74) is 1.92. The van der Waals surface area contributed by atoms with Gasteiger partial charge in [-0.2, -0.15) is 0 Å². The zero-order valence-corrected chi connectivity index (χ0v) is 12.1. The summed E-state index contributed by atoms with van der Waals surface area (Å²) in [7, 11) is 0. The summed E-state index contributed by atoms with van der Waals surface area (Å²) in [5, 5.41) is 2.71. The second-order valence-corrected chi connectivity index (χ2v) is 5.63. The number of anilines is 1. The highest BCUT2D eigenvalue weighted by atomic mass is 16.6. The lowest BCUT2D eigenvalue weighted by Gasteiger charge is -2.20. The molecule has 1 aromatic rings. The molecule has 0 radical (unpaired) electrons. The lowest BCUT2D eigenvalue weighted by molar-refractivity contribution is -0.108. The molecule has 4 heteroatoms. The molecular formula is C15H21NO3. The highest BCUT2D eigenvalue weighted by Gasteiger charge is 2.17. The number of ether oxygens (including phenoxy) is 1. The lowest BCUT2D eigenvalue weighted by atomic mass is 10.0. The first kappa shape index (κ1) is 15.2. The van der Waals surface area contributed by atoms with Gasteiger partial charge in [-0.05, 0) is 44.9 Å². The average molecular weight is 263 g/mol. The van der Waals surface area contributed by atoms with Crippen molar-refractivity contribution in [2.75, 3.05) is 5.32 Å². The van der Waals surface area contributed by atoms with E-state index in [0.717, 1.165) is 17.4 Å². The molecule has 1 amide bonds. The Morgan fingerprint density at radius 2 is 2.00 bits per heavy atom. The smallest absolute Gasteiger partial charge is 0.412 e. The van der Waals surface area contributed by atoms with Gasteiger partial charge in [-0.25, -0.2) is 4.79 Å². The summed E-state index contributed by atoms with van der Waals surface area (Å²) < 4.78 is 5.20. The average Bonchev–Trinajstić information content (AvgIpc) is 2.28. The number of carbonyl (C=O) groups is 2. The number of rotatable bonds is 3. The van der Waals surface area contributed by atoms with Crippen LogP contribution in [0.1, 0.15) is 44.7 Å². The Hall–Kier alpha value is -1.84. The molecule has 0 aliphatic rings. The molecule has 1 rings (SSSR count). The molecule has 0 bridgehead atoms. The Morgan fingerprint density at radius 1 is 1.37 bits per heavy atom. The maximum Gasteiger partial charge on any atom is 0.412 e. The van der Waals surface area contributed by atoms with Gasteiger partial charge in [-0.3, -0.25) is 5.32 Å². The van der Waals surface area contributed by atoms with E-state index in [4.69, 9.17) is 4.74 Å². The Morgan fingerprint density at radius 3 is 2.53 bits per heavy atom. The van der Waals surface area contributed by atoms with Gasteiger partial charge in [0.1, 0.15) is 11.9 Å². The van der Waals surface area contributed by atoms with Crippen LogP contribution < -0.4 is 5.32 Å². The predicted octanol–water partition coefficient (Wildman–Crippen LogP) is 3.64. The van der Waals surface area contributed by atoms with Gasteiger partial charge in [-0.15, -0.1) is 0 Å². The highest BCUT2D eigenvalue weighted by Crippen LogP contribution is 2.22. The summed E-state index contributed by atoms with van der Waals surface area (Å²) in [6.45, 7) is 9.13. The van der Waals surface area contributed by atoms with E-state index < -0.39 is 11.7 Å². The second kappa shape index (κ2) is 5.87. The third kappa shape index (κ3) is 4.73. The molecule has 4 nitrogen and oxygen atoms in total. The minimum Gasteiger partial charge on any atom is -0.444 e. The van der Waals surface area contributed by atoms with Crippen molar-refractivity contribution < 1.29 is 14.3 Å². The van der Waals surface area contributed by atoms with Gasteiger partial charge >= 0.3 is 6.09 Å². The molecule has 1 N–H and O–H groups in total. The van der Waals surface area contributed by atoms with E-state index in [0.29, 0.717) is 5.69 Å². The summed E-state index contributed by atoms with van der Waals surface area (Å²) in [6, 6.07) is 5.56. The van der Waals surface area contributed by atoms with Crippen molar-refractivity contribution in [1.29, 1.82) is 0 Å². The van der Waals surface area contributed by atoms with E-state index in [2.05, 4.69) is 5.32 Å². The standard InChI is InChI=1S/C15H21NO3/c1-10-6-7-12(11(2)9-17)8-13(10)16-14(18)19-15(3,4)5/h6-9,11H,1-5H3,(H,16,18). The van der Waals surface area contributed by atoms with Crippen LogP contribution in [-0.2, 0) is 9.53 Å². The van der Waals surface area contributed by atoms with Gasteiger partial charge in [0.15, 0.2) is 0 Å². The van der Waals surface area contributed by atoms with Crippen LogP contribution in [0.5, 0.6) is 0 Å². The molecule has 19 heavy (non-hydrogen) atoms. The second-order valence-electron chi connectivity index (χ2n) is 5.63. The molecule has 104 valence electrons. The van der Waals surface area contributed by atoms with Gasteiger partial charge in [0.25, 0.3) is 0 Å². The molecule has 0 saturated carbocycles. The quantitative estimate of drug-likeness (QED) is 0.847. The van der Waals surface area contributed by atoms with E-state index in [1.165, 1.54) is 0 Å². The predicted molar refractivity (Wildman–Crippen MR) is 75.5 cm³/mol. The summed E-state index contributed by atoms with van der Waals surface area (Å²) in [4.78, 5) is 22.5. The SMILES string of the molecule is Cc1ccc(C(C)C=O)cc1NC(=O)OC(C)(C)C. The van der Waals surface area contributed by atoms with Crippen molar-refractivity contribution in [3.63, 3.8) is 0 Å². The van der Waals surface area contributed by atoms with E-state index in [-0.39, 0.29) is 5.92 Å². The molecule has 0 aliphatic heterocycles. The van der Waals surface area contributed by atoms with Crippen LogP contribution in [0, 0.1) is 6.92 Å². The third-order valence-electron chi connectivity index (χ3n) is 2.63. The molecule has 0 fully saturated rings. The van der Waals surface area contributed by atoms with E-state index in [1.54, 1.807) is 6.07 Å². The number of aryl methyl sites for hydroxylation is 1. The van der Waals surface area contributed by atoms with Crippen LogP contribution in [0.3, 0.4) is 0 Å². The first-order valence-electron chi connectivity index (χ1n) is 6.29. The highest BCUT2D eigenvalue weighted by molar-refractivity contribution is 5.86. The molecule has 0 spiro atoms. The van der Waals surface area contributed by atoms with Gasteiger partial charge in [0, 0.05) is 11.6 Å². The minimum atomic E-state index is -0.536. The fraction of sp³-hybridized carbons (Fsp3) is 0.467. The third-order valence-corrected chi connectivity index (χ3v) is 2.63. The number of nitrogens with one attached hydrogen (secondary N) is 1. The molecular weight excluding hydrogens is 242 g/mol. The summed E-state index contributed by atoms with van der Waals surface area (Å²) in [5.74, 6) is -0.195. The molecule has 0 aliphatic carbocycles. The Kier molecular flexibility index (Phi) is 4.70. The van der Waals surface area contributed by atoms with E-state index in [9.17, 15) is 9.59 Å². The summed E-state index contributed by atoms with van der Waals surface area (Å²) in [6.07, 6.45) is 0.383. The maximum absolute atomic E-state index is 11.7. The van der Waals surface area contributed by atoms with Crippen molar-refractivity contribution >= 4 is 18.1 Å². The Labute approximate surface area is 114 Å². The molecule has 1 aromatic carbocycles. The van der Waals surface area contributed by atoms with Crippen LogP contribution in [0.25, 0.3) is 0 Å². The zero-order valence-electron chi connectivity index (χ0n) is 12.1. The Balaban J connectivity index is 2.88. The normalized spacial score (nSPS) is 12.7. The number of carbonyl (C=O) groups excluding carboxylic acids is 2. The molecule has 1 atom stereocenters. The fourth-order valence-corrected chi connectivity index (χ4v) is 1.55. The van der Waals surface area contributed by atoms with Crippen molar-refractivity contribution in [2.45, 2.75) is 46.1 Å². The van der Waals surface area contributed by atoms with Crippen LogP contribution in [-0.4, -0.2) is 18.0 Å². The van der Waals surface area contributed by atoms with E-state index >= 15 is 0 Å². The lowest BCUT2D eigenvalue weighted by Crippen LogP contribution is -2.27. The molecule has 1 unspecified atom stereocenters. The van der Waals surface area contributed by atoms with Gasteiger partial charge in [-0.1, -0.05) is 19.1 Å². The largest absolute Gasteiger partial charge is 0.444 e. The number of aldehydes is 1. The van der Waals surface area contributed by atoms with Crippen molar-refractivity contribution in [1.82, 2.24) is 0 Å². The first-order chi connectivity index (χ1) is 8.73. The number of hydrogen-bond acceptors (Lipinski definition) is 3. The topological polar surface area (TPSA) is 55.4 Å². The number of benzene rings is 1. The van der Waals surface area contributed by atoms with Crippen LogP contribution in [0.2, 0.25) is 0 Å². The molecule has 0 aromatic heterocycles. The fourth-order valence-electron chi connectivity index (χ4n) is 1.55. The minimum absolute atomic E-state index is 0.195. The van der Waals surface area contributed by atoms with Crippen molar-refractivity contribution in [2.24, 2.45) is 0 Å². The van der Waals surface area contributed by atoms with Crippen LogP contribution >= 0.6 is 0 Å². The molecule has 0 heterocycles. The van der Waals surface area contributed by atoms with E-state index in [1.807, 2.05) is 46.8 Å².